The Morgan fingerprint density at radius 2 is 2.00 bits per heavy atom. The minimum Gasteiger partial charge on any atom is -0.468 e. The molecule has 2 aliphatic heterocycles. The van der Waals surface area contributed by atoms with Crippen molar-refractivity contribution >= 4 is 17.5 Å². The SMILES string of the molecule is Cc1cccc(NC(=O)[C@@H]2C(=O)N(C)[C@]3(C)C[C@H]2c2ccccc2O3)c1. The van der Waals surface area contributed by atoms with Gasteiger partial charge in [-0.25, -0.2) is 0 Å². The van der Waals surface area contributed by atoms with Gasteiger partial charge in [0.1, 0.15) is 11.7 Å². The van der Waals surface area contributed by atoms with Crippen LogP contribution in [0, 0.1) is 12.8 Å². The van der Waals surface area contributed by atoms with Gasteiger partial charge in [-0.1, -0.05) is 30.3 Å². The summed E-state index contributed by atoms with van der Waals surface area (Å²) in [6, 6.07) is 15.3. The van der Waals surface area contributed by atoms with Crippen molar-refractivity contribution < 1.29 is 14.3 Å². The summed E-state index contributed by atoms with van der Waals surface area (Å²) in [5.74, 6) is -0.685. The number of nitrogens with one attached hydrogen (secondary N) is 1. The molecule has 0 saturated carbocycles. The molecule has 2 bridgehead atoms. The van der Waals surface area contributed by atoms with Crippen LogP contribution in [0.1, 0.15) is 30.4 Å². The quantitative estimate of drug-likeness (QED) is 0.846. The number of carbonyl (C=O) groups excluding carboxylic acids is 2. The molecule has 2 aromatic carbocycles. The molecule has 0 aliphatic carbocycles. The zero-order chi connectivity index (χ0) is 18.5. The summed E-state index contributed by atoms with van der Waals surface area (Å²) in [6.45, 7) is 3.87. The number of hydrogen-bond donors (Lipinski definition) is 1. The van der Waals surface area contributed by atoms with Crippen LogP contribution in [-0.4, -0.2) is 29.5 Å². The molecular weight excluding hydrogens is 328 g/mol. The average Bonchev–Trinajstić information content (AvgIpc) is 2.60. The standard InChI is InChI=1S/C21H22N2O3/c1-13-7-6-8-14(11-13)22-19(24)18-16-12-21(2,23(3)20(18)25)26-17-10-5-4-9-15(16)17/h4-11,16,18H,12H2,1-3H3,(H,22,24)/t16-,18+,21-/m0/s1. The van der Waals surface area contributed by atoms with Crippen LogP contribution in [0.3, 0.4) is 0 Å². The highest BCUT2D eigenvalue weighted by molar-refractivity contribution is 6.08. The van der Waals surface area contributed by atoms with Gasteiger partial charge < -0.3 is 15.0 Å². The summed E-state index contributed by atoms with van der Waals surface area (Å²) >= 11 is 0. The first-order valence-corrected chi connectivity index (χ1v) is 8.82. The van der Waals surface area contributed by atoms with E-state index in [1.165, 1.54) is 0 Å². The normalized spacial score (nSPS) is 26.7. The largest absolute Gasteiger partial charge is 0.468 e. The third kappa shape index (κ3) is 2.55. The van der Waals surface area contributed by atoms with Crippen molar-refractivity contribution in [3.8, 4) is 5.75 Å². The predicted molar refractivity (Wildman–Crippen MR) is 98.9 cm³/mol. The van der Waals surface area contributed by atoms with Gasteiger partial charge in [-0.15, -0.1) is 0 Å². The number of nitrogens with zero attached hydrogens (tertiary/aromatic N) is 1. The van der Waals surface area contributed by atoms with E-state index in [1.807, 2.05) is 62.4 Å². The number of rotatable bonds is 2. The second-order valence-electron chi connectivity index (χ2n) is 7.36. The van der Waals surface area contributed by atoms with Crippen molar-refractivity contribution in [2.75, 3.05) is 12.4 Å². The predicted octanol–water partition coefficient (Wildman–Crippen LogP) is 3.30. The lowest BCUT2D eigenvalue weighted by molar-refractivity contribution is -0.170. The Kier molecular flexibility index (Phi) is 3.75. The molecule has 1 N–H and O–H groups in total. The second kappa shape index (κ2) is 5.87. The summed E-state index contributed by atoms with van der Waals surface area (Å²) in [6.07, 6.45) is 0.595. The maximum Gasteiger partial charge on any atom is 0.238 e. The zero-order valence-corrected chi connectivity index (χ0v) is 15.2. The van der Waals surface area contributed by atoms with Crippen molar-refractivity contribution in [3.63, 3.8) is 0 Å². The van der Waals surface area contributed by atoms with Gasteiger partial charge >= 0.3 is 0 Å². The molecule has 5 heteroatoms. The van der Waals surface area contributed by atoms with Crippen LogP contribution in [0.2, 0.25) is 0 Å². The number of amides is 2. The Bertz CT molecular complexity index is 894. The average molecular weight is 350 g/mol. The van der Waals surface area contributed by atoms with Gasteiger partial charge in [-0.3, -0.25) is 9.59 Å². The Balaban J connectivity index is 1.71. The first-order valence-electron chi connectivity index (χ1n) is 8.82. The van der Waals surface area contributed by atoms with Crippen LogP contribution in [0.4, 0.5) is 5.69 Å². The number of fused-ring (bicyclic) bond motifs is 4. The van der Waals surface area contributed by atoms with E-state index in [9.17, 15) is 9.59 Å². The van der Waals surface area contributed by atoms with Crippen LogP contribution in [0.15, 0.2) is 48.5 Å². The van der Waals surface area contributed by atoms with E-state index in [1.54, 1.807) is 11.9 Å². The van der Waals surface area contributed by atoms with Crippen molar-refractivity contribution in [2.45, 2.75) is 31.9 Å². The lowest BCUT2D eigenvalue weighted by Gasteiger charge is -2.51. The summed E-state index contributed by atoms with van der Waals surface area (Å²) in [5.41, 5.74) is 1.96. The third-order valence-corrected chi connectivity index (χ3v) is 5.52. The maximum absolute atomic E-state index is 13.0. The molecule has 4 rings (SSSR count). The zero-order valence-electron chi connectivity index (χ0n) is 15.2. The molecule has 5 nitrogen and oxygen atoms in total. The number of para-hydroxylation sites is 1. The molecule has 3 atom stereocenters. The Hall–Kier alpha value is -2.82. The molecule has 2 aliphatic rings. The minimum atomic E-state index is -0.765. The highest BCUT2D eigenvalue weighted by Crippen LogP contribution is 2.49. The third-order valence-electron chi connectivity index (χ3n) is 5.52. The van der Waals surface area contributed by atoms with Crippen LogP contribution in [0.25, 0.3) is 0 Å². The fraction of sp³-hybridized carbons (Fsp3) is 0.333. The highest BCUT2D eigenvalue weighted by Gasteiger charge is 2.54. The fourth-order valence-corrected chi connectivity index (χ4v) is 4.03. The number of hydrogen-bond acceptors (Lipinski definition) is 3. The molecule has 0 aromatic heterocycles. The molecule has 2 amide bonds. The van der Waals surface area contributed by atoms with Gasteiger partial charge in [0.2, 0.25) is 11.8 Å². The fourth-order valence-electron chi connectivity index (χ4n) is 4.03. The Morgan fingerprint density at radius 1 is 1.23 bits per heavy atom. The number of aryl methyl sites for hydroxylation is 1. The summed E-state index contributed by atoms with van der Waals surface area (Å²) < 4.78 is 6.11. The molecule has 0 spiro atoms. The number of anilines is 1. The summed E-state index contributed by atoms with van der Waals surface area (Å²) in [7, 11) is 1.71. The molecular formula is C21H22N2O3. The number of benzene rings is 2. The maximum atomic E-state index is 13.0. The minimum absolute atomic E-state index is 0.196. The van der Waals surface area contributed by atoms with Crippen molar-refractivity contribution in [3.05, 3.63) is 59.7 Å². The number of ether oxygens (including phenoxy) is 1. The van der Waals surface area contributed by atoms with Crippen molar-refractivity contribution in [1.29, 1.82) is 0 Å². The van der Waals surface area contributed by atoms with Crippen LogP contribution in [0.5, 0.6) is 5.75 Å². The molecule has 1 fully saturated rings. The first kappa shape index (κ1) is 16.6. The number of carbonyl (C=O) groups is 2. The van der Waals surface area contributed by atoms with E-state index in [4.69, 9.17) is 4.74 Å². The van der Waals surface area contributed by atoms with Gasteiger partial charge in [0.05, 0.1) is 0 Å². The second-order valence-corrected chi connectivity index (χ2v) is 7.36. The lowest BCUT2D eigenvalue weighted by Crippen LogP contribution is -2.62. The molecule has 134 valence electrons. The van der Waals surface area contributed by atoms with Crippen LogP contribution < -0.4 is 10.1 Å². The van der Waals surface area contributed by atoms with E-state index < -0.39 is 11.6 Å². The number of likely N-dealkylation sites (tertiary alicyclic amines) is 1. The van der Waals surface area contributed by atoms with Gasteiger partial charge in [-0.2, -0.15) is 0 Å². The topological polar surface area (TPSA) is 58.6 Å². The van der Waals surface area contributed by atoms with Gasteiger partial charge in [0, 0.05) is 25.1 Å². The molecule has 0 unspecified atom stereocenters. The monoisotopic (exact) mass is 350 g/mol. The molecule has 2 heterocycles. The van der Waals surface area contributed by atoms with Gasteiger partial charge in [0.25, 0.3) is 0 Å². The smallest absolute Gasteiger partial charge is 0.238 e. The lowest BCUT2D eigenvalue weighted by atomic mass is 9.73. The Morgan fingerprint density at radius 3 is 2.77 bits per heavy atom. The van der Waals surface area contributed by atoms with E-state index in [-0.39, 0.29) is 17.7 Å². The van der Waals surface area contributed by atoms with Crippen LogP contribution in [-0.2, 0) is 9.59 Å². The summed E-state index contributed by atoms with van der Waals surface area (Å²) in [4.78, 5) is 27.7. The van der Waals surface area contributed by atoms with E-state index in [2.05, 4.69) is 5.32 Å². The molecule has 2 aromatic rings. The molecule has 26 heavy (non-hydrogen) atoms. The van der Waals surface area contributed by atoms with E-state index >= 15 is 0 Å². The van der Waals surface area contributed by atoms with E-state index in [0.29, 0.717) is 12.1 Å². The number of piperidine rings is 1. The molecule has 0 radical (unpaired) electrons. The first-order chi connectivity index (χ1) is 12.4. The van der Waals surface area contributed by atoms with Crippen LogP contribution >= 0.6 is 0 Å². The Labute approximate surface area is 153 Å². The van der Waals surface area contributed by atoms with Crippen molar-refractivity contribution in [1.82, 2.24) is 4.90 Å². The van der Waals surface area contributed by atoms with Crippen molar-refractivity contribution in [2.24, 2.45) is 5.92 Å². The molecule has 1 saturated heterocycles. The highest BCUT2D eigenvalue weighted by atomic mass is 16.5. The van der Waals surface area contributed by atoms with Gasteiger partial charge in [-0.05, 0) is 43.2 Å². The van der Waals surface area contributed by atoms with Gasteiger partial charge in [0.15, 0.2) is 5.72 Å². The summed E-state index contributed by atoms with van der Waals surface area (Å²) in [5, 5.41) is 2.92. The van der Waals surface area contributed by atoms with E-state index in [0.717, 1.165) is 16.9 Å².